The number of rotatable bonds is 9. The number of aliphatic imine (C=N–C) groups is 1. The number of H-pyrrole nitrogens is 1. The fourth-order valence-electron chi connectivity index (χ4n) is 3.64. The van der Waals surface area contributed by atoms with Crippen LogP contribution in [0.5, 0.6) is 5.75 Å². The van der Waals surface area contributed by atoms with E-state index in [-0.39, 0.29) is 11.5 Å². The zero-order valence-electron chi connectivity index (χ0n) is 20.0. The third kappa shape index (κ3) is 5.58. The van der Waals surface area contributed by atoms with Crippen molar-refractivity contribution in [3.8, 4) is 17.0 Å². The van der Waals surface area contributed by atoms with Crippen LogP contribution in [0, 0.1) is 0 Å². The second-order valence-electron chi connectivity index (χ2n) is 8.78. The molecule has 0 aliphatic heterocycles. The standard InChI is InChI=1S/C26H29N5O2S/c1-17(2)32-20-8-11-23-22(15-20)25(30-29-23)18-12-13-28-24(14-18)31-33-34-21-9-6-19(7-10-21)26(3,4)16-27-5/h6-17H,1-5H3,(H,28,31)(H,29,30). The highest BCUT2D eigenvalue weighted by Gasteiger charge is 2.17. The van der Waals surface area contributed by atoms with Crippen LogP contribution >= 0.6 is 12.0 Å². The van der Waals surface area contributed by atoms with Crippen molar-refractivity contribution in [1.29, 1.82) is 0 Å². The van der Waals surface area contributed by atoms with E-state index in [4.69, 9.17) is 9.02 Å². The molecule has 2 aromatic heterocycles. The molecule has 2 N–H and O–H groups in total. The van der Waals surface area contributed by atoms with E-state index in [9.17, 15) is 0 Å². The SMILES string of the molecule is CN=CC(C)(C)c1ccc(SONc2cc(-c3n[nH]c4ccc(OC(C)C)cc34)ccn2)cc1. The summed E-state index contributed by atoms with van der Waals surface area (Å²) >= 11 is 1.24. The van der Waals surface area contributed by atoms with Gasteiger partial charge < -0.3 is 4.74 Å². The molecule has 0 bridgehead atoms. The number of nitrogens with zero attached hydrogens (tertiary/aromatic N) is 3. The number of benzene rings is 2. The Kier molecular flexibility index (Phi) is 7.19. The minimum Gasteiger partial charge on any atom is -0.491 e. The van der Waals surface area contributed by atoms with E-state index >= 15 is 0 Å². The van der Waals surface area contributed by atoms with Crippen LogP contribution in [0.3, 0.4) is 0 Å². The molecule has 0 spiro atoms. The molecular weight excluding hydrogens is 446 g/mol. The average molecular weight is 476 g/mol. The molecule has 4 rings (SSSR count). The molecule has 8 heteroatoms. The molecule has 0 fully saturated rings. The highest BCUT2D eigenvalue weighted by atomic mass is 32.2. The van der Waals surface area contributed by atoms with Gasteiger partial charge in [0.15, 0.2) is 5.82 Å². The van der Waals surface area contributed by atoms with Gasteiger partial charge in [-0.3, -0.25) is 10.1 Å². The first-order valence-corrected chi connectivity index (χ1v) is 11.8. The van der Waals surface area contributed by atoms with E-state index in [0.29, 0.717) is 5.82 Å². The normalized spacial score (nSPS) is 12.1. The Morgan fingerprint density at radius 2 is 1.88 bits per heavy atom. The zero-order chi connectivity index (χ0) is 24.1. The first-order chi connectivity index (χ1) is 16.4. The van der Waals surface area contributed by atoms with Crippen molar-refractivity contribution >= 4 is 35.0 Å². The molecule has 0 aliphatic carbocycles. The highest BCUT2D eigenvalue weighted by molar-refractivity contribution is 7.94. The molecule has 0 amide bonds. The van der Waals surface area contributed by atoms with Crippen LogP contribution in [0.2, 0.25) is 0 Å². The summed E-state index contributed by atoms with van der Waals surface area (Å²) in [5.74, 6) is 1.40. The van der Waals surface area contributed by atoms with Crippen molar-refractivity contribution in [2.45, 2.75) is 44.1 Å². The quantitative estimate of drug-likeness (QED) is 0.165. The maximum absolute atomic E-state index is 5.84. The third-order valence-corrected chi connectivity index (χ3v) is 5.91. The Hall–Kier alpha value is -3.36. The predicted molar refractivity (Wildman–Crippen MR) is 140 cm³/mol. The van der Waals surface area contributed by atoms with Crippen LogP contribution in [-0.4, -0.2) is 34.5 Å². The van der Waals surface area contributed by atoms with Crippen molar-refractivity contribution in [1.82, 2.24) is 15.2 Å². The summed E-state index contributed by atoms with van der Waals surface area (Å²) < 4.78 is 11.5. The van der Waals surface area contributed by atoms with Crippen LogP contribution in [0.25, 0.3) is 22.2 Å². The summed E-state index contributed by atoms with van der Waals surface area (Å²) in [7, 11) is 1.79. The second-order valence-corrected chi connectivity index (χ2v) is 9.58. The third-order valence-electron chi connectivity index (χ3n) is 5.27. The van der Waals surface area contributed by atoms with E-state index in [1.54, 1.807) is 13.2 Å². The maximum atomic E-state index is 5.84. The van der Waals surface area contributed by atoms with E-state index < -0.39 is 0 Å². The van der Waals surface area contributed by atoms with Crippen LogP contribution in [0.1, 0.15) is 33.3 Å². The van der Waals surface area contributed by atoms with E-state index in [0.717, 1.165) is 32.8 Å². The largest absolute Gasteiger partial charge is 0.491 e. The molecule has 0 saturated heterocycles. The van der Waals surface area contributed by atoms with Crippen LogP contribution in [0.15, 0.2) is 70.7 Å². The van der Waals surface area contributed by atoms with Gasteiger partial charge in [0, 0.05) is 40.7 Å². The summed E-state index contributed by atoms with van der Waals surface area (Å²) in [5.41, 5.74) is 6.69. The summed E-state index contributed by atoms with van der Waals surface area (Å²) in [4.78, 5) is 9.50. The summed E-state index contributed by atoms with van der Waals surface area (Å²) in [6.45, 7) is 8.30. The molecule has 0 atom stereocenters. The molecule has 34 heavy (non-hydrogen) atoms. The number of aromatic nitrogens is 3. The minimum atomic E-state index is -0.112. The van der Waals surface area contributed by atoms with Gasteiger partial charge in [0.1, 0.15) is 11.4 Å². The Morgan fingerprint density at radius 1 is 1.09 bits per heavy atom. The fraction of sp³-hybridized carbons (Fsp3) is 0.269. The highest BCUT2D eigenvalue weighted by Crippen LogP contribution is 2.31. The van der Waals surface area contributed by atoms with Crippen molar-refractivity contribution in [2.75, 3.05) is 12.5 Å². The summed E-state index contributed by atoms with van der Waals surface area (Å²) in [6, 6.07) is 18.0. The van der Waals surface area contributed by atoms with Gasteiger partial charge in [-0.15, -0.1) is 0 Å². The Morgan fingerprint density at radius 3 is 2.62 bits per heavy atom. The number of fused-ring (bicyclic) bond motifs is 1. The van der Waals surface area contributed by atoms with E-state index in [2.05, 4.69) is 51.6 Å². The minimum absolute atomic E-state index is 0.104. The monoisotopic (exact) mass is 475 g/mol. The van der Waals surface area contributed by atoms with Crippen LogP contribution < -0.4 is 10.2 Å². The number of anilines is 1. The molecular formula is C26H29N5O2S. The van der Waals surface area contributed by atoms with Gasteiger partial charge >= 0.3 is 0 Å². The number of hydrogen-bond donors (Lipinski definition) is 2. The Labute approximate surface area is 204 Å². The molecule has 0 unspecified atom stereocenters. The van der Waals surface area contributed by atoms with Crippen LogP contribution in [-0.2, 0) is 9.70 Å². The topological polar surface area (TPSA) is 84.4 Å². The number of aromatic amines is 1. The number of hydrogen-bond acceptors (Lipinski definition) is 7. The molecule has 0 aliphatic rings. The van der Waals surface area contributed by atoms with Crippen molar-refractivity contribution in [3.05, 3.63) is 66.4 Å². The fourth-order valence-corrected chi connectivity index (χ4v) is 4.11. The molecule has 0 saturated carbocycles. The second kappa shape index (κ2) is 10.3. The van der Waals surface area contributed by atoms with Gasteiger partial charge in [-0.1, -0.05) is 26.0 Å². The van der Waals surface area contributed by atoms with Crippen molar-refractivity contribution in [3.63, 3.8) is 0 Å². The van der Waals surface area contributed by atoms with E-state index in [1.165, 1.54) is 17.6 Å². The van der Waals surface area contributed by atoms with Gasteiger partial charge in [0.05, 0.1) is 23.7 Å². The Balaban J connectivity index is 1.44. The van der Waals surface area contributed by atoms with Gasteiger partial charge in [0.25, 0.3) is 0 Å². The molecule has 0 radical (unpaired) electrons. The number of pyridine rings is 1. The molecule has 7 nitrogen and oxygen atoms in total. The molecule has 176 valence electrons. The lowest BCUT2D eigenvalue weighted by molar-refractivity contribution is 0.243. The summed E-state index contributed by atoms with van der Waals surface area (Å²) in [6.07, 6.45) is 3.78. The first kappa shape index (κ1) is 23.8. The smallest absolute Gasteiger partial charge is 0.151 e. The summed E-state index contributed by atoms with van der Waals surface area (Å²) in [5, 5.41) is 8.58. The first-order valence-electron chi connectivity index (χ1n) is 11.1. The zero-order valence-corrected chi connectivity index (χ0v) is 20.8. The molecule has 2 aromatic carbocycles. The maximum Gasteiger partial charge on any atom is 0.151 e. The number of nitrogens with one attached hydrogen (secondary N) is 2. The van der Waals surface area contributed by atoms with Gasteiger partial charge in [0.2, 0.25) is 0 Å². The van der Waals surface area contributed by atoms with Crippen LogP contribution in [0.4, 0.5) is 5.82 Å². The van der Waals surface area contributed by atoms with E-state index in [1.807, 2.05) is 62.5 Å². The Bertz CT molecular complexity index is 1280. The van der Waals surface area contributed by atoms with Crippen molar-refractivity contribution in [2.24, 2.45) is 4.99 Å². The van der Waals surface area contributed by atoms with Crippen molar-refractivity contribution < 1.29 is 9.02 Å². The molecule has 4 aromatic rings. The lowest BCUT2D eigenvalue weighted by atomic mass is 9.86. The average Bonchev–Trinajstić information content (AvgIpc) is 3.22. The lowest BCUT2D eigenvalue weighted by Gasteiger charge is -2.19. The van der Waals surface area contributed by atoms with Gasteiger partial charge in [-0.2, -0.15) is 9.38 Å². The number of ether oxygens (including phenoxy) is 1. The lowest BCUT2D eigenvalue weighted by Crippen LogP contribution is -2.18. The predicted octanol–water partition coefficient (Wildman–Crippen LogP) is 6.44. The molecule has 2 heterocycles. The van der Waals surface area contributed by atoms with Gasteiger partial charge in [-0.05, 0) is 61.9 Å². The van der Waals surface area contributed by atoms with Gasteiger partial charge in [-0.25, -0.2) is 10.5 Å².